The summed E-state index contributed by atoms with van der Waals surface area (Å²) in [5.41, 5.74) is 4.34. The molecule has 7 nitrogen and oxygen atoms in total. The highest BCUT2D eigenvalue weighted by Crippen LogP contribution is 2.25. The summed E-state index contributed by atoms with van der Waals surface area (Å²) >= 11 is 0. The van der Waals surface area contributed by atoms with Crippen LogP contribution in [-0.2, 0) is 0 Å². The van der Waals surface area contributed by atoms with Crippen LogP contribution in [0.3, 0.4) is 0 Å². The molecule has 2 amide bonds. The van der Waals surface area contributed by atoms with Gasteiger partial charge in [-0.3, -0.25) is 9.59 Å². The zero-order valence-corrected chi connectivity index (χ0v) is 26.7. The molecule has 0 atom stereocenters. The number of nitriles is 1. The fraction of sp³-hybridized carbons (Fsp3) is 0.342. The van der Waals surface area contributed by atoms with E-state index >= 15 is 0 Å². The Morgan fingerprint density at radius 2 is 1.15 bits per heavy atom. The molecule has 4 aromatic rings. The molecule has 2 fully saturated rings. The highest BCUT2D eigenvalue weighted by Gasteiger charge is 2.24. The van der Waals surface area contributed by atoms with Crippen LogP contribution in [0.25, 0.3) is 22.5 Å². The predicted octanol–water partition coefficient (Wildman–Crippen LogP) is 7.56. The molecule has 0 N–H and O–H groups in total. The fourth-order valence-electron chi connectivity index (χ4n) is 5.80. The van der Waals surface area contributed by atoms with Crippen molar-refractivity contribution in [2.24, 2.45) is 11.8 Å². The van der Waals surface area contributed by atoms with Crippen molar-refractivity contribution in [1.29, 1.82) is 5.26 Å². The van der Waals surface area contributed by atoms with Crippen molar-refractivity contribution in [2.75, 3.05) is 26.2 Å². The molecule has 6 rings (SSSR count). The lowest BCUT2D eigenvalue weighted by Crippen LogP contribution is -2.38. The lowest BCUT2D eigenvalue weighted by Gasteiger charge is -2.30. The van der Waals surface area contributed by atoms with E-state index in [0.717, 1.165) is 57.4 Å². The topological polar surface area (TPSA) is 90.2 Å². The van der Waals surface area contributed by atoms with Gasteiger partial charge < -0.3 is 9.80 Å². The summed E-state index contributed by atoms with van der Waals surface area (Å²) in [6.45, 7) is 9.28. The third kappa shape index (κ3) is 7.66. The number of piperidine rings is 2. The van der Waals surface area contributed by atoms with Gasteiger partial charge in [0.05, 0.1) is 23.0 Å². The van der Waals surface area contributed by atoms with Crippen molar-refractivity contribution in [3.05, 3.63) is 107 Å². The number of aryl methyl sites for hydroxylation is 1. The number of carbonyl (C=O) groups excluding carboxylic acids is 2. The van der Waals surface area contributed by atoms with Crippen molar-refractivity contribution >= 4 is 11.8 Å². The van der Waals surface area contributed by atoms with E-state index in [0.29, 0.717) is 51.3 Å². The number of hydrogen-bond donors (Lipinski definition) is 0. The van der Waals surface area contributed by atoms with E-state index in [1.807, 2.05) is 40.1 Å². The Hall–Kier alpha value is -4.90. The summed E-state index contributed by atoms with van der Waals surface area (Å²) < 4.78 is 14.3. The maximum absolute atomic E-state index is 14.3. The van der Waals surface area contributed by atoms with E-state index in [4.69, 9.17) is 0 Å². The Morgan fingerprint density at radius 3 is 1.67 bits per heavy atom. The quantitative estimate of drug-likeness (QED) is 0.236. The summed E-state index contributed by atoms with van der Waals surface area (Å²) in [5, 5.41) is 9.23. The lowest BCUT2D eigenvalue weighted by molar-refractivity contribution is 0.0684. The molecular formula is C38H40FN5O2. The highest BCUT2D eigenvalue weighted by atomic mass is 19.1. The Bertz CT molecular complexity index is 1730. The van der Waals surface area contributed by atoms with Crippen molar-refractivity contribution in [3.63, 3.8) is 0 Å². The number of hydrogen-bond acceptors (Lipinski definition) is 5. The van der Waals surface area contributed by atoms with Gasteiger partial charge in [-0.1, -0.05) is 56.3 Å². The van der Waals surface area contributed by atoms with Crippen LogP contribution < -0.4 is 0 Å². The van der Waals surface area contributed by atoms with Gasteiger partial charge in [-0.2, -0.15) is 5.26 Å². The first-order valence-corrected chi connectivity index (χ1v) is 16.0. The average Bonchev–Trinajstić information content (AvgIpc) is 3.10. The molecular weight excluding hydrogens is 577 g/mol. The molecule has 46 heavy (non-hydrogen) atoms. The van der Waals surface area contributed by atoms with Crippen molar-refractivity contribution < 1.29 is 14.0 Å². The molecule has 0 saturated carbocycles. The molecule has 0 unspecified atom stereocenters. The van der Waals surface area contributed by atoms with E-state index in [1.165, 1.54) is 0 Å². The Kier molecular flexibility index (Phi) is 10.5. The Morgan fingerprint density at radius 1 is 0.696 bits per heavy atom. The normalized spacial score (nSPS) is 15.5. The molecule has 2 saturated heterocycles. The van der Waals surface area contributed by atoms with E-state index < -0.39 is 0 Å². The number of amides is 2. The number of halogens is 1. The van der Waals surface area contributed by atoms with Crippen LogP contribution in [0.2, 0.25) is 0 Å². The molecule has 236 valence electrons. The highest BCUT2D eigenvalue weighted by molar-refractivity contribution is 5.93. The molecule has 0 radical (unpaired) electrons. The zero-order valence-electron chi connectivity index (χ0n) is 26.7. The average molecular weight is 618 g/mol. The minimum Gasteiger partial charge on any atom is -0.337 e. The number of rotatable bonds is 4. The molecule has 2 aromatic carbocycles. The van der Waals surface area contributed by atoms with Gasteiger partial charge in [0.25, 0.3) is 11.8 Å². The van der Waals surface area contributed by atoms with E-state index in [2.05, 4.69) is 29.9 Å². The molecule has 2 aromatic heterocycles. The van der Waals surface area contributed by atoms with Gasteiger partial charge in [0.1, 0.15) is 17.2 Å². The van der Waals surface area contributed by atoms with Crippen LogP contribution in [0.5, 0.6) is 0 Å². The standard InChI is InChI=1S/C19H21FN2O.C19H19N3O/c1-13-9-11-22(12-10-13)19(23)17-8-4-7-16(21-17)15-6-3-5-14(2)18(15)20;1-14-9-11-22(12-10-14)19(23)18-8-4-7-17(21-18)16-6-3-2-5-15(16)13-20/h3-8,13H,9-12H2,1-2H3;2-8,14H,9-12H2,1H3. The SMILES string of the molecule is CC1CCN(C(=O)c2cccc(-c3ccccc3C#N)n2)CC1.Cc1cccc(-c2cccc(C(=O)N3CCC(C)CC3)n2)c1F. The van der Waals surface area contributed by atoms with Crippen LogP contribution in [0, 0.1) is 35.9 Å². The van der Waals surface area contributed by atoms with Crippen molar-refractivity contribution in [3.8, 4) is 28.6 Å². The van der Waals surface area contributed by atoms with Crippen molar-refractivity contribution in [1.82, 2.24) is 19.8 Å². The molecule has 0 aliphatic carbocycles. The summed E-state index contributed by atoms with van der Waals surface area (Å²) in [4.78, 5) is 37.9. The third-order valence-corrected chi connectivity index (χ3v) is 8.87. The summed E-state index contributed by atoms with van der Waals surface area (Å²) in [7, 11) is 0. The third-order valence-electron chi connectivity index (χ3n) is 8.87. The summed E-state index contributed by atoms with van der Waals surface area (Å²) in [6.07, 6.45) is 4.14. The van der Waals surface area contributed by atoms with Crippen LogP contribution in [0.15, 0.2) is 78.9 Å². The van der Waals surface area contributed by atoms with Crippen LogP contribution in [0.1, 0.15) is 71.6 Å². The number of nitrogens with zero attached hydrogens (tertiary/aromatic N) is 5. The lowest BCUT2D eigenvalue weighted by atomic mass is 9.99. The smallest absolute Gasteiger partial charge is 0.272 e. The number of carbonyl (C=O) groups is 2. The molecule has 2 aliphatic rings. The van der Waals surface area contributed by atoms with Crippen LogP contribution in [-0.4, -0.2) is 57.8 Å². The number of benzene rings is 2. The fourth-order valence-corrected chi connectivity index (χ4v) is 5.80. The molecule has 4 heterocycles. The minimum absolute atomic E-state index is 0.0202. The van der Waals surface area contributed by atoms with Gasteiger partial charge in [-0.25, -0.2) is 14.4 Å². The number of likely N-dealkylation sites (tertiary alicyclic amines) is 2. The molecule has 0 bridgehead atoms. The van der Waals surface area contributed by atoms with Gasteiger partial charge in [-0.05, 0) is 86.4 Å². The maximum atomic E-state index is 14.3. The van der Waals surface area contributed by atoms with Gasteiger partial charge in [0.2, 0.25) is 0 Å². The zero-order chi connectivity index (χ0) is 32.6. The Labute approximate surface area is 270 Å². The molecule has 8 heteroatoms. The second-order valence-corrected chi connectivity index (χ2v) is 12.4. The van der Waals surface area contributed by atoms with Crippen LogP contribution >= 0.6 is 0 Å². The second-order valence-electron chi connectivity index (χ2n) is 12.4. The minimum atomic E-state index is -0.281. The summed E-state index contributed by atoms with van der Waals surface area (Å²) in [6, 6.07) is 25.4. The van der Waals surface area contributed by atoms with Crippen molar-refractivity contribution in [2.45, 2.75) is 46.5 Å². The Balaban J connectivity index is 0.000000181. The first kappa shape index (κ1) is 32.5. The monoisotopic (exact) mass is 617 g/mol. The predicted molar refractivity (Wildman–Crippen MR) is 177 cm³/mol. The first-order chi connectivity index (χ1) is 22.2. The first-order valence-electron chi connectivity index (χ1n) is 16.0. The van der Waals surface area contributed by atoms with Gasteiger partial charge in [-0.15, -0.1) is 0 Å². The van der Waals surface area contributed by atoms with Crippen LogP contribution in [0.4, 0.5) is 4.39 Å². The van der Waals surface area contributed by atoms with E-state index in [-0.39, 0.29) is 17.6 Å². The largest absolute Gasteiger partial charge is 0.337 e. The maximum Gasteiger partial charge on any atom is 0.272 e. The van der Waals surface area contributed by atoms with E-state index in [9.17, 15) is 19.2 Å². The van der Waals surface area contributed by atoms with Gasteiger partial charge in [0.15, 0.2) is 0 Å². The second kappa shape index (κ2) is 14.9. The van der Waals surface area contributed by atoms with Gasteiger partial charge >= 0.3 is 0 Å². The van der Waals surface area contributed by atoms with E-state index in [1.54, 1.807) is 55.5 Å². The molecule has 0 spiro atoms. The number of aromatic nitrogens is 2. The molecule has 2 aliphatic heterocycles. The number of pyridine rings is 2. The summed E-state index contributed by atoms with van der Waals surface area (Å²) in [5.74, 6) is 0.983. The van der Waals surface area contributed by atoms with Gasteiger partial charge in [0, 0.05) is 37.3 Å².